The lowest BCUT2D eigenvalue weighted by Crippen LogP contribution is -2.18. The van der Waals surface area contributed by atoms with Gasteiger partial charge in [0.05, 0.1) is 12.1 Å². The van der Waals surface area contributed by atoms with Crippen molar-refractivity contribution in [1.29, 1.82) is 0 Å². The van der Waals surface area contributed by atoms with E-state index in [1.807, 2.05) is 24.3 Å². The van der Waals surface area contributed by atoms with Crippen molar-refractivity contribution in [3.8, 4) is 11.5 Å². The molecule has 5 nitrogen and oxygen atoms in total. The third-order valence-corrected chi connectivity index (χ3v) is 4.91. The number of rotatable bonds is 5. The standard InChI is InChI=1S/C22H22FN3O2/c1-15-20(25-22(28-15)16-5-4-6-17(23)13-16)14-21(27)24-18-7-9-19(10-8-18)26-11-2-3-12-26/h4-10,13H,2-3,11-12,14H2,1H3,(H,24,27). The normalized spacial score (nSPS) is 13.7. The van der Waals surface area contributed by atoms with Crippen LogP contribution in [0.4, 0.5) is 15.8 Å². The Morgan fingerprint density at radius 3 is 2.64 bits per heavy atom. The number of aromatic nitrogens is 1. The first-order chi connectivity index (χ1) is 13.6. The first kappa shape index (κ1) is 18.2. The number of amides is 1. The maximum absolute atomic E-state index is 13.4. The zero-order valence-electron chi connectivity index (χ0n) is 15.7. The van der Waals surface area contributed by atoms with Crippen molar-refractivity contribution in [1.82, 2.24) is 4.98 Å². The Hall–Kier alpha value is -3.15. The molecule has 0 bridgehead atoms. The third kappa shape index (κ3) is 4.06. The highest BCUT2D eigenvalue weighted by Gasteiger charge is 2.16. The Labute approximate surface area is 163 Å². The number of carbonyl (C=O) groups excluding carboxylic acids is 1. The average molecular weight is 379 g/mol. The molecular weight excluding hydrogens is 357 g/mol. The minimum Gasteiger partial charge on any atom is -0.441 e. The van der Waals surface area contributed by atoms with Crippen LogP contribution in [0.2, 0.25) is 0 Å². The largest absolute Gasteiger partial charge is 0.441 e. The Morgan fingerprint density at radius 2 is 1.93 bits per heavy atom. The molecule has 1 aliphatic heterocycles. The maximum Gasteiger partial charge on any atom is 0.230 e. The minimum atomic E-state index is -0.356. The number of hydrogen-bond acceptors (Lipinski definition) is 4. The predicted molar refractivity (Wildman–Crippen MR) is 107 cm³/mol. The molecule has 1 aliphatic rings. The van der Waals surface area contributed by atoms with Crippen LogP contribution in [0.25, 0.3) is 11.5 Å². The average Bonchev–Trinajstić information content (AvgIpc) is 3.33. The van der Waals surface area contributed by atoms with Gasteiger partial charge in [0.2, 0.25) is 11.8 Å². The highest BCUT2D eigenvalue weighted by atomic mass is 19.1. The van der Waals surface area contributed by atoms with E-state index < -0.39 is 0 Å². The van der Waals surface area contributed by atoms with Gasteiger partial charge in [0.1, 0.15) is 11.6 Å². The molecule has 0 radical (unpaired) electrons. The summed E-state index contributed by atoms with van der Waals surface area (Å²) in [5, 5.41) is 2.89. The molecule has 1 saturated heterocycles. The molecule has 1 fully saturated rings. The second kappa shape index (κ2) is 7.84. The molecule has 3 aromatic rings. The van der Waals surface area contributed by atoms with Crippen LogP contribution in [0.3, 0.4) is 0 Å². The lowest BCUT2D eigenvalue weighted by atomic mass is 10.2. The van der Waals surface area contributed by atoms with E-state index in [9.17, 15) is 9.18 Å². The number of aryl methyl sites for hydroxylation is 1. The van der Waals surface area contributed by atoms with E-state index >= 15 is 0 Å². The number of anilines is 2. The van der Waals surface area contributed by atoms with Crippen LogP contribution in [0.1, 0.15) is 24.3 Å². The van der Waals surface area contributed by atoms with Crippen LogP contribution in [-0.2, 0) is 11.2 Å². The lowest BCUT2D eigenvalue weighted by molar-refractivity contribution is -0.115. The maximum atomic E-state index is 13.4. The van der Waals surface area contributed by atoms with Gasteiger partial charge in [-0.25, -0.2) is 9.37 Å². The number of carbonyl (C=O) groups is 1. The molecule has 28 heavy (non-hydrogen) atoms. The third-order valence-electron chi connectivity index (χ3n) is 4.91. The van der Waals surface area contributed by atoms with Gasteiger partial charge in [-0.1, -0.05) is 6.07 Å². The van der Waals surface area contributed by atoms with Gasteiger partial charge in [-0.15, -0.1) is 0 Å². The topological polar surface area (TPSA) is 58.4 Å². The number of halogens is 1. The summed E-state index contributed by atoms with van der Waals surface area (Å²) in [4.78, 5) is 19.1. The van der Waals surface area contributed by atoms with E-state index in [0.717, 1.165) is 18.8 Å². The fourth-order valence-corrected chi connectivity index (χ4v) is 3.43. The first-order valence-corrected chi connectivity index (χ1v) is 9.45. The zero-order valence-corrected chi connectivity index (χ0v) is 15.7. The highest BCUT2D eigenvalue weighted by Crippen LogP contribution is 2.24. The predicted octanol–water partition coefficient (Wildman–Crippen LogP) is 4.57. The fourth-order valence-electron chi connectivity index (χ4n) is 3.43. The van der Waals surface area contributed by atoms with Crippen LogP contribution >= 0.6 is 0 Å². The van der Waals surface area contributed by atoms with Crippen LogP contribution in [-0.4, -0.2) is 24.0 Å². The van der Waals surface area contributed by atoms with E-state index in [1.54, 1.807) is 19.1 Å². The molecule has 144 valence electrons. The van der Waals surface area contributed by atoms with Crippen molar-refractivity contribution < 1.29 is 13.6 Å². The van der Waals surface area contributed by atoms with Crippen molar-refractivity contribution in [2.45, 2.75) is 26.2 Å². The number of benzene rings is 2. The van der Waals surface area contributed by atoms with Crippen molar-refractivity contribution in [2.75, 3.05) is 23.3 Å². The molecule has 0 aliphatic carbocycles. The fraction of sp³-hybridized carbons (Fsp3) is 0.273. The van der Waals surface area contributed by atoms with E-state index in [-0.39, 0.29) is 18.1 Å². The summed E-state index contributed by atoms with van der Waals surface area (Å²) in [7, 11) is 0. The van der Waals surface area contributed by atoms with Gasteiger partial charge >= 0.3 is 0 Å². The molecule has 2 heterocycles. The van der Waals surface area contributed by atoms with Crippen LogP contribution < -0.4 is 10.2 Å². The number of hydrogen-bond donors (Lipinski definition) is 1. The van der Waals surface area contributed by atoms with Gasteiger partial charge in [-0.3, -0.25) is 4.79 Å². The van der Waals surface area contributed by atoms with Crippen molar-refractivity contribution in [3.63, 3.8) is 0 Å². The van der Waals surface area contributed by atoms with Crippen LogP contribution in [0.5, 0.6) is 0 Å². The molecule has 6 heteroatoms. The number of nitrogens with zero attached hydrogens (tertiary/aromatic N) is 2. The zero-order chi connectivity index (χ0) is 19.5. The Bertz CT molecular complexity index is 976. The summed E-state index contributed by atoms with van der Waals surface area (Å²) in [6.07, 6.45) is 2.55. The molecule has 1 aromatic heterocycles. The van der Waals surface area contributed by atoms with E-state index in [0.29, 0.717) is 22.9 Å². The summed E-state index contributed by atoms with van der Waals surface area (Å²) in [5.74, 6) is 0.342. The summed E-state index contributed by atoms with van der Waals surface area (Å²) in [6.45, 7) is 3.93. The smallest absolute Gasteiger partial charge is 0.230 e. The van der Waals surface area contributed by atoms with E-state index in [4.69, 9.17) is 4.42 Å². The van der Waals surface area contributed by atoms with Crippen molar-refractivity contribution in [3.05, 3.63) is 65.8 Å². The van der Waals surface area contributed by atoms with E-state index in [1.165, 1.54) is 30.7 Å². The molecule has 0 unspecified atom stereocenters. The molecule has 0 saturated carbocycles. The molecule has 1 amide bonds. The summed E-state index contributed by atoms with van der Waals surface area (Å²) >= 11 is 0. The quantitative estimate of drug-likeness (QED) is 0.705. The van der Waals surface area contributed by atoms with Gasteiger partial charge in [0.25, 0.3) is 0 Å². The van der Waals surface area contributed by atoms with Gasteiger partial charge in [0.15, 0.2) is 0 Å². The van der Waals surface area contributed by atoms with Gasteiger partial charge in [-0.05, 0) is 62.2 Å². The molecule has 0 atom stereocenters. The summed E-state index contributed by atoms with van der Waals surface area (Å²) in [6, 6.07) is 13.9. The summed E-state index contributed by atoms with van der Waals surface area (Å²) < 4.78 is 19.0. The van der Waals surface area contributed by atoms with Crippen LogP contribution in [0.15, 0.2) is 52.9 Å². The number of nitrogens with one attached hydrogen (secondary N) is 1. The molecule has 0 spiro atoms. The molecule has 4 rings (SSSR count). The highest BCUT2D eigenvalue weighted by molar-refractivity contribution is 5.92. The van der Waals surface area contributed by atoms with Crippen molar-refractivity contribution >= 4 is 17.3 Å². The van der Waals surface area contributed by atoms with Gasteiger partial charge in [0, 0.05) is 30.0 Å². The monoisotopic (exact) mass is 379 g/mol. The lowest BCUT2D eigenvalue weighted by Gasteiger charge is -2.17. The van der Waals surface area contributed by atoms with E-state index in [2.05, 4.69) is 15.2 Å². The Kier molecular flexibility index (Phi) is 5.10. The SMILES string of the molecule is Cc1oc(-c2cccc(F)c2)nc1CC(=O)Nc1ccc(N2CCCC2)cc1. The van der Waals surface area contributed by atoms with Crippen LogP contribution in [0, 0.1) is 12.7 Å². The second-order valence-corrected chi connectivity index (χ2v) is 7.00. The Morgan fingerprint density at radius 1 is 1.18 bits per heavy atom. The Balaban J connectivity index is 1.41. The van der Waals surface area contributed by atoms with Crippen molar-refractivity contribution in [2.24, 2.45) is 0 Å². The summed E-state index contributed by atoms with van der Waals surface area (Å²) in [5.41, 5.74) is 3.03. The minimum absolute atomic E-state index is 0.0958. The first-order valence-electron chi connectivity index (χ1n) is 9.45. The van der Waals surface area contributed by atoms with Gasteiger partial charge in [-0.2, -0.15) is 0 Å². The number of oxazole rings is 1. The molecular formula is C22H22FN3O2. The van der Waals surface area contributed by atoms with Gasteiger partial charge < -0.3 is 14.6 Å². The second-order valence-electron chi connectivity index (χ2n) is 7.00. The molecule has 2 aromatic carbocycles. The molecule has 1 N–H and O–H groups in total.